The number of hydrogen-bond acceptors (Lipinski definition) is 1. The van der Waals surface area contributed by atoms with Gasteiger partial charge in [0.25, 0.3) is 5.91 Å². The third-order valence-corrected chi connectivity index (χ3v) is 2.47. The van der Waals surface area contributed by atoms with Gasteiger partial charge in [0.15, 0.2) is 0 Å². The summed E-state index contributed by atoms with van der Waals surface area (Å²) in [7, 11) is 0. The van der Waals surface area contributed by atoms with Crippen molar-refractivity contribution in [1.29, 1.82) is 0 Å². The first-order valence-electron chi connectivity index (χ1n) is 5.66. The molecule has 2 heteroatoms. The topological polar surface area (TPSA) is 29.1 Å². The van der Waals surface area contributed by atoms with Crippen LogP contribution >= 0.6 is 0 Å². The molecule has 0 aromatic heterocycles. The van der Waals surface area contributed by atoms with Gasteiger partial charge in [0.05, 0.1) is 0 Å². The Kier molecular flexibility index (Phi) is 5.90. The second-order valence-electron chi connectivity index (χ2n) is 3.78. The number of carbonyl (C=O) groups is 1. The second-order valence-corrected chi connectivity index (χ2v) is 3.78. The van der Waals surface area contributed by atoms with E-state index in [1.54, 1.807) is 0 Å². The Bertz CT molecular complexity index is 224. The van der Waals surface area contributed by atoms with Gasteiger partial charge in [-0.1, -0.05) is 38.0 Å². The normalized spacial score (nSPS) is 20.4. The van der Waals surface area contributed by atoms with Crippen LogP contribution in [0.4, 0.5) is 0 Å². The number of carbonyl (C=O) groups excluding carboxylic acids is 1. The lowest BCUT2D eigenvalue weighted by Gasteiger charge is -2.01. The number of rotatable bonds is 0. The fourth-order valence-corrected chi connectivity index (χ4v) is 1.61. The van der Waals surface area contributed by atoms with E-state index in [0.717, 1.165) is 25.8 Å². The predicted molar refractivity (Wildman–Crippen MR) is 57.7 cm³/mol. The first kappa shape index (κ1) is 11.1. The van der Waals surface area contributed by atoms with Crippen LogP contribution in [0.1, 0.15) is 51.4 Å². The molecular formula is C12H19NO. The third kappa shape index (κ3) is 5.64. The monoisotopic (exact) mass is 193 g/mol. The standard InChI is InChI=1S/C12H19NO/c14-12-10-8-6-4-2-1-3-5-7-9-11-13-12/h1-7,9,11H2,(H,13,14). The molecule has 0 aromatic rings. The maximum Gasteiger partial charge on any atom is 0.295 e. The van der Waals surface area contributed by atoms with E-state index in [1.807, 2.05) is 0 Å². The van der Waals surface area contributed by atoms with Gasteiger partial charge in [-0.2, -0.15) is 0 Å². The van der Waals surface area contributed by atoms with E-state index in [2.05, 4.69) is 17.2 Å². The van der Waals surface area contributed by atoms with E-state index in [0.29, 0.717) is 0 Å². The predicted octanol–water partition coefficient (Wildman–Crippen LogP) is 2.24. The first-order valence-corrected chi connectivity index (χ1v) is 5.66. The van der Waals surface area contributed by atoms with Gasteiger partial charge in [0.2, 0.25) is 0 Å². The van der Waals surface area contributed by atoms with Crippen LogP contribution in [-0.2, 0) is 4.79 Å². The Hall–Kier alpha value is -0.970. The molecule has 2 nitrogen and oxygen atoms in total. The minimum absolute atomic E-state index is 0.107. The van der Waals surface area contributed by atoms with Gasteiger partial charge >= 0.3 is 0 Å². The largest absolute Gasteiger partial charge is 0.345 e. The molecule has 0 aromatic carbocycles. The van der Waals surface area contributed by atoms with Gasteiger partial charge in [0.1, 0.15) is 0 Å². The van der Waals surface area contributed by atoms with Gasteiger partial charge in [-0.05, 0) is 18.8 Å². The van der Waals surface area contributed by atoms with Crippen LogP contribution in [0.2, 0.25) is 0 Å². The van der Waals surface area contributed by atoms with Gasteiger partial charge in [-0.3, -0.25) is 4.79 Å². The van der Waals surface area contributed by atoms with Gasteiger partial charge < -0.3 is 5.32 Å². The van der Waals surface area contributed by atoms with E-state index in [9.17, 15) is 4.79 Å². The van der Waals surface area contributed by atoms with Crippen LogP contribution in [0.3, 0.4) is 0 Å². The number of amides is 1. The van der Waals surface area contributed by atoms with Gasteiger partial charge in [-0.15, -0.1) is 0 Å². The molecule has 0 unspecified atom stereocenters. The summed E-state index contributed by atoms with van der Waals surface area (Å²) in [4.78, 5) is 11.1. The SMILES string of the molecule is O=C1C#CCCCCCCCCCN1. The summed E-state index contributed by atoms with van der Waals surface area (Å²) < 4.78 is 0. The molecule has 0 radical (unpaired) electrons. The molecule has 0 spiro atoms. The van der Waals surface area contributed by atoms with E-state index < -0.39 is 0 Å². The molecule has 14 heavy (non-hydrogen) atoms. The molecular weight excluding hydrogens is 174 g/mol. The lowest BCUT2D eigenvalue weighted by molar-refractivity contribution is -0.115. The zero-order valence-corrected chi connectivity index (χ0v) is 8.77. The lowest BCUT2D eigenvalue weighted by Crippen LogP contribution is -2.22. The molecule has 1 heterocycles. The van der Waals surface area contributed by atoms with Crippen LogP contribution < -0.4 is 5.32 Å². The summed E-state index contributed by atoms with van der Waals surface area (Å²) in [6.45, 7) is 0.785. The molecule has 1 aliphatic heterocycles. The van der Waals surface area contributed by atoms with Crippen LogP contribution in [0, 0.1) is 11.8 Å². The molecule has 0 saturated carbocycles. The van der Waals surface area contributed by atoms with Crippen molar-refractivity contribution in [2.75, 3.05) is 6.54 Å². The fraction of sp³-hybridized carbons (Fsp3) is 0.750. The summed E-state index contributed by atoms with van der Waals surface area (Å²) >= 11 is 0. The average molecular weight is 193 g/mol. The molecule has 0 aliphatic carbocycles. The highest BCUT2D eigenvalue weighted by atomic mass is 16.1. The van der Waals surface area contributed by atoms with Crippen LogP contribution in [-0.4, -0.2) is 12.5 Å². The highest BCUT2D eigenvalue weighted by Gasteiger charge is 1.96. The third-order valence-electron chi connectivity index (χ3n) is 2.47. The van der Waals surface area contributed by atoms with Crippen molar-refractivity contribution in [3.05, 3.63) is 0 Å². The van der Waals surface area contributed by atoms with Crippen molar-refractivity contribution in [3.8, 4) is 11.8 Å². The van der Waals surface area contributed by atoms with Crippen LogP contribution in [0.5, 0.6) is 0 Å². The Labute approximate surface area is 86.5 Å². The second kappa shape index (κ2) is 7.44. The molecule has 1 amide bonds. The summed E-state index contributed by atoms with van der Waals surface area (Å²) in [5, 5.41) is 2.81. The molecule has 0 atom stereocenters. The van der Waals surface area contributed by atoms with Crippen molar-refractivity contribution in [1.82, 2.24) is 5.32 Å². The molecule has 1 rings (SSSR count). The lowest BCUT2D eigenvalue weighted by atomic mass is 10.1. The van der Waals surface area contributed by atoms with E-state index in [-0.39, 0.29) is 5.91 Å². The Morgan fingerprint density at radius 2 is 1.57 bits per heavy atom. The van der Waals surface area contributed by atoms with Crippen molar-refractivity contribution >= 4 is 5.91 Å². The average Bonchev–Trinajstić information content (AvgIpc) is 2.20. The molecule has 0 fully saturated rings. The highest BCUT2D eigenvalue weighted by molar-refractivity contribution is 5.93. The van der Waals surface area contributed by atoms with E-state index >= 15 is 0 Å². The molecule has 0 saturated heterocycles. The van der Waals surface area contributed by atoms with Crippen LogP contribution in [0.25, 0.3) is 0 Å². The zero-order chi connectivity index (χ0) is 10.1. The zero-order valence-electron chi connectivity index (χ0n) is 8.77. The van der Waals surface area contributed by atoms with Crippen molar-refractivity contribution in [3.63, 3.8) is 0 Å². The molecule has 78 valence electrons. The van der Waals surface area contributed by atoms with Crippen molar-refractivity contribution in [2.45, 2.75) is 51.4 Å². The Morgan fingerprint density at radius 3 is 2.36 bits per heavy atom. The Balaban J connectivity index is 2.28. The maximum atomic E-state index is 11.1. The summed E-state index contributed by atoms with van der Waals surface area (Å²) in [6.07, 6.45) is 9.55. The van der Waals surface area contributed by atoms with Crippen molar-refractivity contribution < 1.29 is 4.79 Å². The number of hydrogen-bond donors (Lipinski definition) is 1. The summed E-state index contributed by atoms with van der Waals surface area (Å²) in [5.41, 5.74) is 0. The first-order chi connectivity index (χ1) is 6.89. The smallest absolute Gasteiger partial charge is 0.295 e. The maximum absolute atomic E-state index is 11.1. The van der Waals surface area contributed by atoms with Gasteiger partial charge in [0, 0.05) is 13.0 Å². The molecule has 1 N–H and O–H groups in total. The highest BCUT2D eigenvalue weighted by Crippen LogP contribution is 2.08. The fourth-order valence-electron chi connectivity index (χ4n) is 1.61. The minimum atomic E-state index is -0.107. The van der Waals surface area contributed by atoms with Crippen LogP contribution in [0.15, 0.2) is 0 Å². The quantitative estimate of drug-likeness (QED) is 0.587. The van der Waals surface area contributed by atoms with Gasteiger partial charge in [-0.25, -0.2) is 0 Å². The molecule has 1 aliphatic rings. The van der Waals surface area contributed by atoms with E-state index in [1.165, 1.54) is 32.1 Å². The summed E-state index contributed by atoms with van der Waals surface area (Å²) in [5.74, 6) is 5.42. The Morgan fingerprint density at radius 1 is 0.929 bits per heavy atom. The minimum Gasteiger partial charge on any atom is -0.345 e. The van der Waals surface area contributed by atoms with E-state index in [4.69, 9.17) is 0 Å². The number of nitrogens with one attached hydrogen (secondary N) is 1. The summed E-state index contributed by atoms with van der Waals surface area (Å²) in [6, 6.07) is 0. The molecule has 0 bridgehead atoms. The van der Waals surface area contributed by atoms with Crippen molar-refractivity contribution in [2.24, 2.45) is 0 Å².